The number of hydrazone groups is 1. The second kappa shape index (κ2) is 13.2. The number of ether oxygens (including phenoxy) is 1. The van der Waals surface area contributed by atoms with Crippen molar-refractivity contribution < 1.29 is 31.3 Å². The topological polar surface area (TPSA) is 172 Å². The van der Waals surface area contributed by atoms with Crippen LogP contribution in [0.1, 0.15) is 5.56 Å². The minimum atomic E-state index is -4.20. The first-order chi connectivity index (χ1) is 21.1. The van der Waals surface area contributed by atoms with Crippen molar-refractivity contribution in [3.05, 3.63) is 94.5 Å². The normalized spacial score (nSPS) is 18.7. The minimum absolute atomic E-state index is 0.0119. The van der Waals surface area contributed by atoms with Crippen LogP contribution in [0.15, 0.2) is 93.8 Å². The van der Waals surface area contributed by atoms with Crippen molar-refractivity contribution in [1.82, 2.24) is 14.0 Å². The molecule has 0 aromatic heterocycles. The van der Waals surface area contributed by atoms with Crippen molar-refractivity contribution in [2.45, 2.75) is 15.8 Å². The fourth-order valence-corrected chi connectivity index (χ4v) is 8.07. The van der Waals surface area contributed by atoms with E-state index in [2.05, 4.69) is 10.5 Å². The summed E-state index contributed by atoms with van der Waals surface area (Å²) in [4.78, 5) is 26.4. The number of anilines is 1. The molecule has 5 rings (SSSR count). The predicted molar refractivity (Wildman–Crippen MR) is 161 cm³/mol. The number of sulfonamides is 2. The summed E-state index contributed by atoms with van der Waals surface area (Å²) in [5, 5.41) is 15.4. The molecule has 0 unspecified atom stereocenters. The van der Waals surface area contributed by atoms with Gasteiger partial charge in [-0.25, -0.2) is 22.3 Å². The van der Waals surface area contributed by atoms with Crippen molar-refractivity contribution in [2.24, 2.45) is 5.10 Å². The lowest BCUT2D eigenvalue weighted by molar-refractivity contribution is -0.384. The maximum absolute atomic E-state index is 13.6. The second-order valence-corrected chi connectivity index (χ2v) is 13.8. The number of hydrogen-bond donors (Lipinski definition) is 1. The lowest BCUT2D eigenvalue weighted by atomic mass is 10.1. The molecule has 14 nitrogen and oxygen atoms in total. The van der Waals surface area contributed by atoms with Gasteiger partial charge in [0, 0.05) is 56.1 Å². The Bertz CT molecular complexity index is 1750. The highest BCUT2D eigenvalue weighted by molar-refractivity contribution is 7.89. The molecule has 44 heavy (non-hydrogen) atoms. The summed E-state index contributed by atoms with van der Waals surface area (Å²) in [6, 6.07) is 18.0. The Kier molecular flexibility index (Phi) is 9.36. The molecule has 0 aliphatic carbocycles. The Morgan fingerprint density at radius 1 is 0.886 bits per heavy atom. The van der Waals surface area contributed by atoms with E-state index in [4.69, 9.17) is 4.74 Å². The summed E-state index contributed by atoms with van der Waals surface area (Å²) in [6.45, 7) is 1.13. The van der Waals surface area contributed by atoms with Crippen LogP contribution in [-0.4, -0.2) is 94.5 Å². The van der Waals surface area contributed by atoms with Gasteiger partial charge in [0.25, 0.3) is 11.6 Å². The van der Waals surface area contributed by atoms with Gasteiger partial charge in [-0.05, 0) is 30.3 Å². The fourth-order valence-electron chi connectivity index (χ4n) is 5.02. The van der Waals surface area contributed by atoms with E-state index in [0.717, 1.165) is 8.61 Å². The summed E-state index contributed by atoms with van der Waals surface area (Å²) in [7, 11) is -8.24. The van der Waals surface area contributed by atoms with Crippen LogP contribution in [0.3, 0.4) is 0 Å². The summed E-state index contributed by atoms with van der Waals surface area (Å²) in [5.74, 6) is -0.868. The highest BCUT2D eigenvalue weighted by Gasteiger charge is 2.43. The number of nitro benzene ring substituents is 1. The smallest absolute Gasteiger partial charge is 0.270 e. The predicted octanol–water partition coefficient (Wildman–Crippen LogP) is 1.65. The monoisotopic (exact) mass is 642 g/mol. The zero-order valence-electron chi connectivity index (χ0n) is 23.4. The molecule has 3 aromatic rings. The number of nitrogens with zero attached hydrogens (tertiary/aromatic N) is 5. The Morgan fingerprint density at radius 2 is 1.50 bits per heavy atom. The number of nitrogens with one attached hydrogen (secondary N) is 1. The first-order valence-electron chi connectivity index (χ1n) is 13.7. The molecule has 2 saturated heterocycles. The van der Waals surface area contributed by atoms with Gasteiger partial charge in [0.2, 0.25) is 20.0 Å². The Balaban J connectivity index is 1.44. The molecule has 232 valence electrons. The molecule has 1 N–H and O–H groups in total. The number of hydrogen-bond acceptors (Lipinski definition) is 10. The lowest BCUT2D eigenvalue weighted by Crippen LogP contribution is -2.60. The van der Waals surface area contributed by atoms with Crippen molar-refractivity contribution in [3.8, 4) is 0 Å². The zero-order chi connectivity index (χ0) is 31.3. The average Bonchev–Trinajstić information content (AvgIpc) is 3.05. The van der Waals surface area contributed by atoms with Crippen molar-refractivity contribution >= 4 is 43.5 Å². The molecule has 2 fully saturated rings. The van der Waals surface area contributed by atoms with E-state index >= 15 is 0 Å². The van der Waals surface area contributed by atoms with Crippen LogP contribution < -0.4 is 10.3 Å². The molecule has 0 spiro atoms. The minimum Gasteiger partial charge on any atom is -0.378 e. The number of rotatable bonds is 9. The van der Waals surface area contributed by atoms with E-state index in [-0.39, 0.29) is 28.6 Å². The first kappa shape index (κ1) is 31.2. The van der Waals surface area contributed by atoms with E-state index < -0.39 is 43.5 Å². The van der Waals surface area contributed by atoms with E-state index in [0.29, 0.717) is 37.6 Å². The van der Waals surface area contributed by atoms with Gasteiger partial charge in [0.1, 0.15) is 6.04 Å². The van der Waals surface area contributed by atoms with Gasteiger partial charge >= 0.3 is 0 Å². The summed E-state index contributed by atoms with van der Waals surface area (Å²) in [6.07, 6.45) is 1.24. The van der Waals surface area contributed by atoms with Gasteiger partial charge in [-0.3, -0.25) is 14.9 Å². The Morgan fingerprint density at radius 3 is 2.11 bits per heavy atom. The van der Waals surface area contributed by atoms with Gasteiger partial charge < -0.3 is 9.64 Å². The molecule has 1 atom stereocenters. The molecule has 2 heterocycles. The van der Waals surface area contributed by atoms with E-state index in [1.54, 1.807) is 42.5 Å². The van der Waals surface area contributed by atoms with Gasteiger partial charge in [0.15, 0.2) is 0 Å². The van der Waals surface area contributed by atoms with Gasteiger partial charge in [-0.1, -0.05) is 36.4 Å². The summed E-state index contributed by atoms with van der Waals surface area (Å²) >= 11 is 0. The number of carbonyl (C=O) groups is 1. The van der Waals surface area contributed by atoms with Crippen molar-refractivity contribution in [3.63, 3.8) is 0 Å². The molecule has 16 heteroatoms. The molecule has 2 aliphatic rings. The number of amides is 1. The second-order valence-electron chi connectivity index (χ2n) is 9.95. The number of nitro groups is 1. The molecule has 2 aliphatic heterocycles. The highest BCUT2D eigenvalue weighted by atomic mass is 32.2. The SMILES string of the molecule is O=C(N/N=C\c1cc([N+](=O)[O-])ccc1N1CCOCC1)[C@@H]1CN(S(=O)(=O)c2ccccc2)CCN1S(=O)(=O)c1ccccc1. The third-order valence-electron chi connectivity index (χ3n) is 7.28. The van der Waals surface area contributed by atoms with Crippen LogP contribution in [0.5, 0.6) is 0 Å². The van der Waals surface area contributed by atoms with E-state index in [1.165, 1.54) is 42.6 Å². The molecular weight excluding hydrogens is 612 g/mol. The third-order valence-corrected chi connectivity index (χ3v) is 11.1. The van der Waals surface area contributed by atoms with Gasteiger partial charge in [-0.2, -0.15) is 13.7 Å². The maximum Gasteiger partial charge on any atom is 0.270 e. The van der Waals surface area contributed by atoms with Gasteiger partial charge in [0.05, 0.1) is 34.1 Å². The molecular formula is C28H30N6O8S2. The van der Waals surface area contributed by atoms with E-state index in [1.807, 2.05) is 4.90 Å². The number of piperazine rings is 1. The molecule has 0 saturated carbocycles. The van der Waals surface area contributed by atoms with Crippen LogP contribution in [0.25, 0.3) is 0 Å². The summed E-state index contributed by atoms with van der Waals surface area (Å²) in [5.41, 5.74) is 3.15. The summed E-state index contributed by atoms with van der Waals surface area (Å²) < 4.78 is 61.4. The average molecular weight is 643 g/mol. The molecule has 0 bridgehead atoms. The number of benzene rings is 3. The largest absolute Gasteiger partial charge is 0.378 e. The fraction of sp³-hybridized carbons (Fsp3) is 0.286. The quantitative estimate of drug-likeness (QED) is 0.207. The third kappa shape index (κ3) is 6.63. The molecule has 0 radical (unpaired) electrons. The van der Waals surface area contributed by atoms with Crippen LogP contribution in [0, 0.1) is 10.1 Å². The zero-order valence-corrected chi connectivity index (χ0v) is 25.1. The molecule has 3 aromatic carbocycles. The Labute approximate surface area is 254 Å². The van der Waals surface area contributed by atoms with Gasteiger partial charge in [-0.15, -0.1) is 0 Å². The number of non-ortho nitro benzene ring substituents is 1. The maximum atomic E-state index is 13.6. The number of carbonyl (C=O) groups excluding carboxylic acids is 1. The Hall–Kier alpha value is -4.22. The van der Waals surface area contributed by atoms with Crippen LogP contribution in [0.4, 0.5) is 11.4 Å². The highest BCUT2D eigenvalue weighted by Crippen LogP contribution is 2.27. The first-order valence-corrected chi connectivity index (χ1v) is 16.5. The van der Waals surface area contributed by atoms with Crippen LogP contribution >= 0.6 is 0 Å². The molecule has 1 amide bonds. The standard InChI is InChI=1S/C28H30N6O8S2/c35-28(30-29-20-22-19-23(34(36)37)11-12-26(22)31-15-17-42-18-16-31)27-21-32(43(38,39)24-7-3-1-4-8-24)13-14-33(27)44(40,41)25-9-5-2-6-10-25/h1-12,19-20,27H,13-18,21H2,(H,30,35)/b29-20-/t27-/m0/s1. The van der Waals surface area contributed by atoms with Crippen LogP contribution in [0.2, 0.25) is 0 Å². The van der Waals surface area contributed by atoms with Crippen molar-refractivity contribution in [1.29, 1.82) is 0 Å². The van der Waals surface area contributed by atoms with E-state index in [9.17, 15) is 31.7 Å². The number of morpholine rings is 1. The van der Waals surface area contributed by atoms with Crippen molar-refractivity contribution in [2.75, 3.05) is 50.8 Å². The lowest BCUT2D eigenvalue weighted by Gasteiger charge is -2.38. The van der Waals surface area contributed by atoms with Crippen LogP contribution in [-0.2, 0) is 29.6 Å².